The van der Waals surface area contributed by atoms with Gasteiger partial charge in [-0.3, -0.25) is 0 Å². The van der Waals surface area contributed by atoms with Crippen molar-refractivity contribution in [3.05, 3.63) is 182 Å². The maximum atomic E-state index is 2.46. The first kappa shape index (κ1) is 26.8. The summed E-state index contributed by atoms with van der Waals surface area (Å²) in [5.74, 6) is 0. The van der Waals surface area contributed by atoms with E-state index < -0.39 is 0 Å². The summed E-state index contributed by atoms with van der Waals surface area (Å²) in [5, 5.41) is 7.51. The molecular formula is C46H30N2. The maximum absolute atomic E-state index is 2.46. The molecule has 10 rings (SSSR count). The van der Waals surface area contributed by atoms with Gasteiger partial charge in [0.25, 0.3) is 0 Å². The van der Waals surface area contributed by atoms with Crippen molar-refractivity contribution in [2.24, 2.45) is 0 Å². The second-order valence-corrected chi connectivity index (χ2v) is 12.6. The van der Waals surface area contributed by atoms with Crippen LogP contribution in [-0.2, 0) is 0 Å². The second-order valence-electron chi connectivity index (χ2n) is 12.6. The largest absolute Gasteiger partial charge is 0.309 e. The topological polar surface area (TPSA) is 9.86 Å². The van der Waals surface area contributed by atoms with Gasteiger partial charge in [0.05, 0.1) is 27.8 Å². The predicted molar refractivity (Wildman–Crippen MR) is 203 cm³/mol. The predicted octanol–water partition coefficient (Wildman–Crippen LogP) is 12.4. The summed E-state index contributed by atoms with van der Waals surface area (Å²) in [6, 6.07) is 66.2. The standard InChI is InChI=1S/C46H30N2/c1-3-13-31(14-4-1)39-27-32-15-7-8-16-33(32)30-46(39)48-43-22-12-10-20-38(43)41-29-35(24-26-45(41)48)34-23-25-44-40(28-34)37-19-9-11-21-42(37)47(44)36-17-5-2-6-18-36/h1-30H. The summed E-state index contributed by atoms with van der Waals surface area (Å²) < 4.78 is 4.83. The van der Waals surface area contributed by atoms with Crippen LogP contribution >= 0.6 is 0 Å². The van der Waals surface area contributed by atoms with Crippen molar-refractivity contribution >= 4 is 54.4 Å². The lowest BCUT2D eigenvalue weighted by Gasteiger charge is -2.16. The van der Waals surface area contributed by atoms with Gasteiger partial charge in [0, 0.05) is 32.8 Å². The van der Waals surface area contributed by atoms with E-state index in [2.05, 4.69) is 191 Å². The molecule has 0 unspecified atom stereocenters. The molecule has 0 saturated carbocycles. The number of hydrogen-bond donors (Lipinski definition) is 0. The molecular weight excluding hydrogens is 581 g/mol. The molecule has 8 aromatic carbocycles. The lowest BCUT2D eigenvalue weighted by atomic mass is 9.98. The van der Waals surface area contributed by atoms with E-state index in [-0.39, 0.29) is 0 Å². The highest BCUT2D eigenvalue weighted by Gasteiger charge is 2.18. The number of nitrogens with zero attached hydrogens (tertiary/aromatic N) is 2. The van der Waals surface area contributed by atoms with E-state index in [1.165, 1.54) is 88.0 Å². The average Bonchev–Trinajstić information content (AvgIpc) is 3.67. The zero-order chi connectivity index (χ0) is 31.6. The van der Waals surface area contributed by atoms with Gasteiger partial charge >= 0.3 is 0 Å². The van der Waals surface area contributed by atoms with Crippen LogP contribution in [0.1, 0.15) is 0 Å². The fourth-order valence-corrected chi connectivity index (χ4v) is 7.68. The Morgan fingerprint density at radius 3 is 1.42 bits per heavy atom. The van der Waals surface area contributed by atoms with Crippen LogP contribution < -0.4 is 0 Å². The van der Waals surface area contributed by atoms with Crippen molar-refractivity contribution in [1.82, 2.24) is 9.13 Å². The average molecular weight is 611 g/mol. The Hall–Kier alpha value is -6.38. The molecule has 0 aliphatic rings. The monoisotopic (exact) mass is 610 g/mol. The molecule has 2 aromatic heterocycles. The highest BCUT2D eigenvalue weighted by atomic mass is 15.0. The zero-order valence-electron chi connectivity index (χ0n) is 26.2. The van der Waals surface area contributed by atoms with Crippen LogP contribution in [-0.4, -0.2) is 9.13 Å². The number of aromatic nitrogens is 2. The van der Waals surface area contributed by atoms with Gasteiger partial charge in [-0.25, -0.2) is 0 Å². The summed E-state index contributed by atoms with van der Waals surface area (Å²) in [4.78, 5) is 0. The SMILES string of the molecule is c1ccc(-c2cc3ccccc3cc2-n2c3ccccc3c3cc(-c4ccc5c(c4)c4ccccc4n5-c4ccccc4)ccc32)cc1. The molecule has 0 aliphatic heterocycles. The van der Waals surface area contributed by atoms with E-state index in [4.69, 9.17) is 0 Å². The summed E-state index contributed by atoms with van der Waals surface area (Å²) in [6.07, 6.45) is 0. The van der Waals surface area contributed by atoms with E-state index in [0.717, 1.165) is 0 Å². The van der Waals surface area contributed by atoms with E-state index in [1.807, 2.05) is 0 Å². The molecule has 0 atom stereocenters. The lowest BCUT2D eigenvalue weighted by Crippen LogP contribution is -1.98. The van der Waals surface area contributed by atoms with Gasteiger partial charge in [0.2, 0.25) is 0 Å². The molecule has 0 spiro atoms. The van der Waals surface area contributed by atoms with Gasteiger partial charge in [0.15, 0.2) is 0 Å². The van der Waals surface area contributed by atoms with Gasteiger partial charge in [-0.05, 0) is 88.1 Å². The van der Waals surface area contributed by atoms with Crippen LogP contribution in [0.4, 0.5) is 0 Å². The Morgan fingerprint density at radius 2 is 0.771 bits per heavy atom. The summed E-state index contributed by atoms with van der Waals surface area (Å²) >= 11 is 0. The van der Waals surface area contributed by atoms with Gasteiger partial charge in [-0.1, -0.05) is 121 Å². The van der Waals surface area contributed by atoms with Gasteiger partial charge in [-0.15, -0.1) is 0 Å². The zero-order valence-corrected chi connectivity index (χ0v) is 26.2. The first-order valence-electron chi connectivity index (χ1n) is 16.5. The molecule has 48 heavy (non-hydrogen) atoms. The minimum absolute atomic E-state index is 1.18. The molecule has 0 saturated heterocycles. The van der Waals surface area contributed by atoms with Crippen LogP contribution in [0.5, 0.6) is 0 Å². The fourth-order valence-electron chi connectivity index (χ4n) is 7.68. The van der Waals surface area contributed by atoms with Crippen molar-refractivity contribution in [2.45, 2.75) is 0 Å². The van der Waals surface area contributed by atoms with Gasteiger partial charge in [-0.2, -0.15) is 0 Å². The van der Waals surface area contributed by atoms with E-state index in [9.17, 15) is 0 Å². The molecule has 0 N–H and O–H groups in total. The summed E-state index contributed by atoms with van der Waals surface area (Å²) in [7, 11) is 0. The Morgan fingerprint density at radius 1 is 0.292 bits per heavy atom. The second kappa shape index (κ2) is 10.6. The van der Waals surface area contributed by atoms with Crippen LogP contribution in [0.15, 0.2) is 182 Å². The van der Waals surface area contributed by atoms with Gasteiger partial charge < -0.3 is 9.13 Å². The quantitative estimate of drug-likeness (QED) is 0.188. The van der Waals surface area contributed by atoms with E-state index in [0.29, 0.717) is 0 Å². The summed E-state index contributed by atoms with van der Waals surface area (Å²) in [5.41, 5.74) is 12.1. The molecule has 0 fully saturated rings. The Bertz CT molecular complexity index is 2820. The lowest BCUT2D eigenvalue weighted by molar-refractivity contribution is 1.18. The van der Waals surface area contributed by atoms with Crippen molar-refractivity contribution in [1.29, 1.82) is 0 Å². The molecule has 0 amide bonds. The van der Waals surface area contributed by atoms with Crippen molar-refractivity contribution in [3.8, 4) is 33.6 Å². The molecule has 2 heteroatoms. The number of fused-ring (bicyclic) bond motifs is 7. The molecule has 10 aromatic rings. The first-order valence-corrected chi connectivity index (χ1v) is 16.5. The number of benzene rings is 8. The Labute approximate surface area is 278 Å². The number of hydrogen-bond acceptors (Lipinski definition) is 0. The molecule has 0 radical (unpaired) electrons. The van der Waals surface area contributed by atoms with Crippen LogP contribution in [0, 0.1) is 0 Å². The number of para-hydroxylation sites is 3. The smallest absolute Gasteiger partial charge is 0.0546 e. The van der Waals surface area contributed by atoms with Crippen molar-refractivity contribution in [3.63, 3.8) is 0 Å². The van der Waals surface area contributed by atoms with E-state index >= 15 is 0 Å². The molecule has 2 heterocycles. The van der Waals surface area contributed by atoms with E-state index in [1.54, 1.807) is 0 Å². The third kappa shape index (κ3) is 4.06. The Balaban J connectivity index is 1.20. The highest BCUT2D eigenvalue weighted by molar-refractivity contribution is 6.13. The third-order valence-electron chi connectivity index (χ3n) is 9.88. The van der Waals surface area contributed by atoms with Crippen LogP contribution in [0.2, 0.25) is 0 Å². The molecule has 0 aliphatic carbocycles. The molecule has 0 bridgehead atoms. The third-order valence-corrected chi connectivity index (χ3v) is 9.88. The van der Waals surface area contributed by atoms with Crippen LogP contribution in [0.25, 0.3) is 88.0 Å². The Kier molecular flexibility index (Phi) is 5.91. The first-order chi connectivity index (χ1) is 23.8. The summed E-state index contributed by atoms with van der Waals surface area (Å²) in [6.45, 7) is 0. The highest BCUT2D eigenvalue weighted by Crippen LogP contribution is 2.40. The minimum atomic E-state index is 1.18. The van der Waals surface area contributed by atoms with Crippen LogP contribution in [0.3, 0.4) is 0 Å². The van der Waals surface area contributed by atoms with Crippen molar-refractivity contribution in [2.75, 3.05) is 0 Å². The molecule has 2 nitrogen and oxygen atoms in total. The van der Waals surface area contributed by atoms with Crippen molar-refractivity contribution < 1.29 is 0 Å². The normalized spacial score (nSPS) is 11.8. The maximum Gasteiger partial charge on any atom is 0.0546 e. The number of rotatable bonds is 4. The van der Waals surface area contributed by atoms with Gasteiger partial charge in [0.1, 0.15) is 0 Å². The fraction of sp³-hybridized carbons (Fsp3) is 0. The minimum Gasteiger partial charge on any atom is -0.309 e. The molecule has 224 valence electrons.